The second-order valence-electron chi connectivity index (χ2n) is 4.46. The highest BCUT2D eigenvalue weighted by Crippen LogP contribution is 2.13. The van der Waals surface area contributed by atoms with Crippen molar-refractivity contribution in [1.82, 2.24) is 9.88 Å². The van der Waals surface area contributed by atoms with Crippen LogP contribution in [0.25, 0.3) is 0 Å². The van der Waals surface area contributed by atoms with Gasteiger partial charge in [0.15, 0.2) is 0 Å². The van der Waals surface area contributed by atoms with E-state index in [2.05, 4.69) is 16.8 Å². The van der Waals surface area contributed by atoms with Crippen LogP contribution < -0.4 is 11.5 Å². The molecule has 1 unspecified atom stereocenters. The van der Waals surface area contributed by atoms with Crippen molar-refractivity contribution >= 4 is 11.8 Å². The molecule has 4 N–H and O–H groups in total. The number of carbonyl (C=O) groups is 2. The van der Waals surface area contributed by atoms with E-state index in [9.17, 15) is 9.59 Å². The summed E-state index contributed by atoms with van der Waals surface area (Å²) in [5.74, 6) is 4.61. The third kappa shape index (κ3) is 3.56. The summed E-state index contributed by atoms with van der Waals surface area (Å²) >= 11 is 0. The van der Waals surface area contributed by atoms with Gasteiger partial charge < -0.3 is 21.1 Å². The first-order chi connectivity index (χ1) is 10.1. The van der Waals surface area contributed by atoms with Crippen molar-refractivity contribution in [3.8, 4) is 11.8 Å². The first-order valence-electron chi connectivity index (χ1n) is 6.45. The molecule has 1 fully saturated rings. The Balaban J connectivity index is 2.24. The van der Waals surface area contributed by atoms with Gasteiger partial charge in [-0.2, -0.15) is 0 Å². The number of nitrogens with two attached hydrogens (primary N) is 2. The molecule has 21 heavy (non-hydrogen) atoms. The maximum atomic E-state index is 12.5. The molecular weight excluding hydrogens is 272 g/mol. The number of amides is 2. The minimum absolute atomic E-state index is 0.112. The Morgan fingerprint density at radius 2 is 2.29 bits per heavy atom. The predicted molar refractivity (Wildman–Crippen MR) is 75.0 cm³/mol. The zero-order valence-corrected chi connectivity index (χ0v) is 11.4. The molecule has 0 bridgehead atoms. The zero-order valence-electron chi connectivity index (χ0n) is 11.4. The third-order valence-electron chi connectivity index (χ3n) is 3.04. The lowest BCUT2D eigenvalue weighted by molar-refractivity contribution is -0.127. The SMILES string of the molecule is NCC#Cc1cncc(C(=O)N2CCOCC2C(N)=O)c1. The van der Waals surface area contributed by atoms with Gasteiger partial charge in [0.25, 0.3) is 5.91 Å². The van der Waals surface area contributed by atoms with Gasteiger partial charge in [-0.15, -0.1) is 0 Å². The van der Waals surface area contributed by atoms with Gasteiger partial charge in [0.1, 0.15) is 6.04 Å². The van der Waals surface area contributed by atoms with Crippen molar-refractivity contribution in [3.63, 3.8) is 0 Å². The van der Waals surface area contributed by atoms with E-state index in [4.69, 9.17) is 16.2 Å². The summed E-state index contributed by atoms with van der Waals surface area (Å²) < 4.78 is 5.19. The molecule has 2 rings (SSSR count). The van der Waals surface area contributed by atoms with Gasteiger partial charge in [0.2, 0.25) is 5.91 Å². The lowest BCUT2D eigenvalue weighted by Crippen LogP contribution is -2.54. The van der Waals surface area contributed by atoms with Crippen LogP contribution in [0.5, 0.6) is 0 Å². The summed E-state index contributed by atoms with van der Waals surface area (Å²) in [5.41, 5.74) is 11.6. The summed E-state index contributed by atoms with van der Waals surface area (Å²) in [5, 5.41) is 0. The Bertz CT molecular complexity index is 606. The van der Waals surface area contributed by atoms with Gasteiger partial charge in [0.05, 0.1) is 25.3 Å². The van der Waals surface area contributed by atoms with Gasteiger partial charge in [-0.25, -0.2) is 0 Å². The standard InChI is InChI=1S/C14H16N4O3/c15-3-1-2-10-6-11(8-17-7-10)14(20)18-4-5-21-9-12(18)13(16)19/h6-8,12H,3-5,9,15H2,(H2,16,19). The second-order valence-corrected chi connectivity index (χ2v) is 4.46. The molecule has 110 valence electrons. The van der Waals surface area contributed by atoms with Crippen molar-refractivity contribution in [2.24, 2.45) is 11.5 Å². The number of morpholine rings is 1. The highest BCUT2D eigenvalue weighted by atomic mass is 16.5. The highest BCUT2D eigenvalue weighted by Gasteiger charge is 2.32. The maximum absolute atomic E-state index is 12.5. The Morgan fingerprint density at radius 1 is 1.48 bits per heavy atom. The molecule has 0 aliphatic carbocycles. The van der Waals surface area contributed by atoms with Gasteiger partial charge in [0, 0.05) is 24.5 Å². The Kier molecular flexibility index (Phi) is 4.87. The largest absolute Gasteiger partial charge is 0.377 e. The zero-order chi connectivity index (χ0) is 15.2. The molecule has 0 aromatic carbocycles. The molecule has 1 aliphatic rings. The van der Waals surface area contributed by atoms with Crippen LogP contribution in [0.15, 0.2) is 18.5 Å². The minimum Gasteiger partial charge on any atom is -0.377 e. The van der Waals surface area contributed by atoms with E-state index >= 15 is 0 Å². The fourth-order valence-corrected chi connectivity index (χ4v) is 2.03. The number of nitrogens with zero attached hydrogens (tertiary/aromatic N) is 2. The number of hydrogen-bond donors (Lipinski definition) is 2. The van der Waals surface area contributed by atoms with Crippen molar-refractivity contribution < 1.29 is 14.3 Å². The normalized spacial score (nSPS) is 17.8. The molecule has 1 aromatic heterocycles. The Labute approximate surface area is 122 Å². The molecule has 0 radical (unpaired) electrons. The van der Waals surface area contributed by atoms with E-state index < -0.39 is 11.9 Å². The van der Waals surface area contributed by atoms with Crippen LogP contribution >= 0.6 is 0 Å². The molecule has 7 nitrogen and oxygen atoms in total. The number of aromatic nitrogens is 1. The van der Waals surface area contributed by atoms with Gasteiger partial charge >= 0.3 is 0 Å². The molecule has 1 aromatic rings. The molecule has 0 spiro atoms. The van der Waals surface area contributed by atoms with Crippen LogP contribution in [-0.4, -0.2) is 54.0 Å². The average molecular weight is 288 g/mol. The number of pyridine rings is 1. The monoisotopic (exact) mass is 288 g/mol. The van der Waals surface area contributed by atoms with Crippen LogP contribution in [0.3, 0.4) is 0 Å². The van der Waals surface area contributed by atoms with Crippen molar-refractivity contribution in [1.29, 1.82) is 0 Å². The number of ether oxygens (including phenoxy) is 1. The van der Waals surface area contributed by atoms with Crippen molar-refractivity contribution in [2.75, 3.05) is 26.3 Å². The van der Waals surface area contributed by atoms with Crippen LogP contribution in [0.2, 0.25) is 0 Å². The summed E-state index contributed by atoms with van der Waals surface area (Å²) in [4.78, 5) is 29.3. The van der Waals surface area contributed by atoms with E-state index in [1.807, 2.05) is 0 Å². The number of hydrogen-bond acceptors (Lipinski definition) is 5. The third-order valence-corrected chi connectivity index (χ3v) is 3.04. The quantitative estimate of drug-likeness (QED) is 0.658. The Hall–Kier alpha value is -2.43. The summed E-state index contributed by atoms with van der Waals surface area (Å²) in [6.07, 6.45) is 2.98. The van der Waals surface area contributed by atoms with E-state index in [-0.39, 0.29) is 19.1 Å². The topological polar surface area (TPSA) is 112 Å². The lowest BCUT2D eigenvalue weighted by Gasteiger charge is -2.33. The summed E-state index contributed by atoms with van der Waals surface area (Å²) in [7, 11) is 0. The van der Waals surface area contributed by atoms with Crippen LogP contribution in [0, 0.1) is 11.8 Å². The molecular formula is C14H16N4O3. The lowest BCUT2D eigenvalue weighted by atomic mass is 10.1. The number of rotatable bonds is 2. The van der Waals surface area contributed by atoms with E-state index in [1.165, 1.54) is 11.1 Å². The molecule has 1 atom stereocenters. The fraction of sp³-hybridized carbons (Fsp3) is 0.357. The summed E-state index contributed by atoms with van der Waals surface area (Å²) in [6.45, 7) is 1.02. The average Bonchev–Trinajstić information content (AvgIpc) is 2.52. The molecule has 7 heteroatoms. The Morgan fingerprint density at radius 3 is 3.00 bits per heavy atom. The van der Waals surface area contributed by atoms with E-state index in [0.29, 0.717) is 24.3 Å². The minimum atomic E-state index is -0.759. The van der Waals surface area contributed by atoms with Crippen molar-refractivity contribution in [3.05, 3.63) is 29.6 Å². The molecule has 1 saturated heterocycles. The van der Waals surface area contributed by atoms with Gasteiger partial charge in [-0.05, 0) is 6.07 Å². The first kappa shape index (κ1) is 15.0. The molecule has 1 aliphatic heterocycles. The second kappa shape index (κ2) is 6.83. The predicted octanol–water partition coefficient (Wildman–Crippen LogP) is -1.28. The highest BCUT2D eigenvalue weighted by molar-refractivity contribution is 5.97. The smallest absolute Gasteiger partial charge is 0.256 e. The van der Waals surface area contributed by atoms with Crippen LogP contribution in [-0.2, 0) is 9.53 Å². The molecule has 0 saturated carbocycles. The maximum Gasteiger partial charge on any atom is 0.256 e. The van der Waals surface area contributed by atoms with Crippen molar-refractivity contribution in [2.45, 2.75) is 6.04 Å². The van der Waals surface area contributed by atoms with E-state index in [1.54, 1.807) is 12.3 Å². The first-order valence-corrected chi connectivity index (χ1v) is 6.45. The van der Waals surface area contributed by atoms with Crippen LogP contribution in [0.4, 0.5) is 0 Å². The van der Waals surface area contributed by atoms with Gasteiger partial charge in [-0.3, -0.25) is 14.6 Å². The number of primary amides is 1. The van der Waals surface area contributed by atoms with Crippen LogP contribution in [0.1, 0.15) is 15.9 Å². The van der Waals surface area contributed by atoms with Gasteiger partial charge in [-0.1, -0.05) is 11.8 Å². The van der Waals surface area contributed by atoms with E-state index in [0.717, 1.165) is 0 Å². The number of carbonyl (C=O) groups excluding carboxylic acids is 2. The summed E-state index contributed by atoms with van der Waals surface area (Å²) in [6, 6.07) is 0.857. The molecule has 2 heterocycles. The molecule has 2 amide bonds. The fourth-order valence-electron chi connectivity index (χ4n) is 2.03.